The first-order valence-corrected chi connectivity index (χ1v) is 18.0. The van der Waals surface area contributed by atoms with Crippen molar-refractivity contribution in [2.75, 3.05) is 20.3 Å². The van der Waals surface area contributed by atoms with Gasteiger partial charge < -0.3 is 50.0 Å². The Morgan fingerprint density at radius 2 is 1.58 bits per heavy atom. The third-order valence-corrected chi connectivity index (χ3v) is 15.4. The zero-order valence-electron chi connectivity index (χ0n) is 29.8. The van der Waals surface area contributed by atoms with Gasteiger partial charge in [0.2, 0.25) is 0 Å². The van der Waals surface area contributed by atoms with E-state index in [0.29, 0.717) is 19.3 Å². The highest BCUT2D eigenvalue weighted by Gasteiger charge is 2.72. The van der Waals surface area contributed by atoms with E-state index in [-0.39, 0.29) is 41.2 Å². The fourth-order valence-electron chi connectivity index (χ4n) is 12.6. The minimum atomic E-state index is -1.62. The van der Waals surface area contributed by atoms with Crippen LogP contribution in [0.25, 0.3) is 0 Å². The van der Waals surface area contributed by atoms with Gasteiger partial charge in [0.15, 0.2) is 6.29 Å². The van der Waals surface area contributed by atoms with Crippen molar-refractivity contribution in [1.82, 2.24) is 0 Å². The number of aliphatic hydroxyl groups is 7. The first-order chi connectivity index (χ1) is 22.3. The highest BCUT2D eigenvalue weighted by molar-refractivity contribution is 5.79. The highest BCUT2D eigenvalue weighted by Crippen LogP contribution is 2.76. The van der Waals surface area contributed by atoms with E-state index in [1.165, 1.54) is 12.7 Å². The second kappa shape index (κ2) is 12.0. The van der Waals surface area contributed by atoms with Crippen molar-refractivity contribution in [2.24, 2.45) is 50.2 Å². The summed E-state index contributed by atoms with van der Waals surface area (Å²) >= 11 is 0. The molecule has 0 unspecified atom stereocenters. The Morgan fingerprint density at radius 1 is 0.896 bits per heavy atom. The molecule has 1 heterocycles. The topological polar surface area (TPSA) is 186 Å². The van der Waals surface area contributed by atoms with Crippen LogP contribution in [0.1, 0.15) is 92.9 Å². The number of allylic oxidation sites excluding steroid dienone is 2. The minimum Gasteiger partial charge on any atom is -0.468 e. The first kappa shape index (κ1) is 36.6. The Kier molecular flexibility index (Phi) is 9.12. The predicted molar refractivity (Wildman–Crippen MR) is 174 cm³/mol. The van der Waals surface area contributed by atoms with Crippen LogP contribution in [0, 0.1) is 50.2 Å². The van der Waals surface area contributed by atoms with Crippen LogP contribution in [0.2, 0.25) is 0 Å². The standard InChI is InChI=1S/C37H60O11/c1-32(2)12-13-37(31(45)46-7)20(14-32)19-8-9-24-33(3)15-21(40)29(48-30-28(44)27(43)26(42)22(17-38)47-30)34(4,18-39)23(33)10-11-35(24,5)36(19,6)16-25(37)41/h8,20-30,38-44H,9-18H2,1-7H3/t20-,21+,22-,23+,24-,25-,26-,27+,28-,29-,30+,33-,34+,35-,36-,37-/m1/s1. The van der Waals surface area contributed by atoms with Gasteiger partial charge in [-0.25, -0.2) is 0 Å². The van der Waals surface area contributed by atoms with Crippen molar-refractivity contribution in [1.29, 1.82) is 0 Å². The van der Waals surface area contributed by atoms with Crippen LogP contribution in [0.3, 0.4) is 0 Å². The zero-order valence-corrected chi connectivity index (χ0v) is 29.8. The van der Waals surface area contributed by atoms with E-state index in [4.69, 9.17) is 14.2 Å². The van der Waals surface area contributed by atoms with Crippen LogP contribution < -0.4 is 0 Å². The predicted octanol–water partition coefficient (Wildman–Crippen LogP) is 2.06. The van der Waals surface area contributed by atoms with E-state index < -0.39 is 77.3 Å². The lowest BCUT2D eigenvalue weighted by Crippen LogP contribution is -2.70. The Balaban J connectivity index is 1.36. The average Bonchev–Trinajstić information content (AvgIpc) is 3.02. The summed E-state index contributed by atoms with van der Waals surface area (Å²) in [7, 11) is 1.42. The van der Waals surface area contributed by atoms with E-state index in [0.717, 1.165) is 32.1 Å². The molecule has 11 heteroatoms. The third-order valence-electron chi connectivity index (χ3n) is 15.4. The van der Waals surface area contributed by atoms with E-state index in [1.807, 2.05) is 6.92 Å². The summed E-state index contributed by atoms with van der Waals surface area (Å²) in [5, 5.41) is 76.2. The molecule has 16 atom stereocenters. The minimum absolute atomic E-state index is 0.00870. The molecule has 0 radical (unpaired) electrons. The molecule has 1 saturated heterocycles. The number of fused-ring (bicyclic) bond motifs is 7. The number of esters is 1. The molecule has 48 heavy (non-hydrogen) atoms. The Hall–Kier alpha value is -1.15. The van der Waals surface area contributed by atoms with Gasteiger partial charge in [0.1, 0.15) is 29.8 Å². The van der Waals surface area contributed by atoms with Crippen molar-refractivity contribution in [3.05, 3.63) is 11.6 Å². The third kappa shape index (κ3) is 4.81. The van der Waals surface area contributed by atoms with Gasteiger partial charge in [-0.1, -0.05) is 53.2 Å². The van der Waals surface area contributed by atoms with Crippen LogP contribution in [-0.4, -0.2) is 111 Å². The SMILES string of the molecule is COC(=O)[C@]12CCC(C)(C)C[C@@H]1C1=CC[C@@H]3[C@]4(C)C[C@H](O)[C@@H](O[C@@H]5O[C@H](CO)[C@@H](O)[C@H](O)[C@H]5O)[C@@](C)(CO)[C@H]4CC[C@@]3(C)[C@]1(C)C[C@H]2O. The molecule has 0 amide bonds. The molecular formula is C37H60O11. The maximum atomic E-state index is 13.6. The lowest BCUT2D eigenvalue weighted by molar-refractivity contribution is -0.345. The smallest absolute Gasteiger partial charge is 0.315 e. The van der Waals surface area contributed by atoms with Gasteiger partial charge in [-0.15, -0.1) is 0 Å². The number of hydrogen-bond donors (Lipinski definition) is 7. The molecule has 0 aromatic carbocycles. The number of aliphatic hydroxyl groups excluding tert-OH is 7. The second-order valence-corrected chi connectivity index (χ2v) is 18.2. The Morgan fingerprint density at radius 3 is 2.21 bits per heavy atom. The zero-order chi connectivity index (χ0) is 35.4. The van der Waals surface area contributed by atoms with E-state index in [2.05, 4.69) is 40.7 Å². The molecule has 5 fully saturated rings. The summed E-state index contributed by atoms with van der Waals surface area (Å²) in [5.41, 5.74) is -1.80. The van der Waals surface area contributed by atoms with E-state index >= 15 is 0 Å². The van der Waals surface area contributed by atoms with Crippen molar-refractivity contribution in [3.8, 4) is 0 Å². The molecule has 6 aliphatic rings. The monoisotopic (exact) mass is 680 g/mol. The Bertz CT molecular complexity index is 1290. The molecule has 6 rings (SSSR count). The summed E-state index contributed by atoms with van der Waals surface area (Å²) in [6, 6.07) is 0. The lowest BCUT2D eigenvalue weighted by Gasteiger charge is -2.72. The molecule has 0 aromatic rings. The fraction of sp³-hybridized carbons (Fsp3) is 0.919. The normalized spacial score (nSPS) is 54.5. The molecule has 11 nitrogen and oxygen atoms in total. The van der Waals surface area contributed by atoms with Crippen LogP contribution in [-0.2, 0) is 19.0 Å². The van der Waals surface area contributed by atoms with Crippen molar-refractivity contribution >= 4 is 5.97 Å². The number of carbonyl (C=O) groups is 1. The highest BCUT2D eigenvalue weighted by atomic mass is 16.7. The van der Waals surface area contributed by atoms with Gasteiger partial charge in [0, 0.05) is 5.41 Å². The van der Waals surface area contributed by atoms with Crippen LogP contribution in [0.5, 0.6) is 0 Å². The number of carbonyl (C=O) groups excluding carboxylic acids is 1. The maximum Gasteiger partial charge on any atom is 0.315 e. The summed E-state index contributed by atoms with van der Waals surface area (Å²) in [5.74, 6) is -0.468. The van der Waals surface area contributed by atoms with Crippen molar-refractivity contribution < 1.29 is 54.8 Å². The molecule has 0 bridgehead atoms. The van der Waals surface area contributed by atoms with Gasteiger partial charge in [-0.3, -0.25) is 4.79 Å². The molecule has 0 aromatic heterocycles. The van der Waals surface area contributed by atoms with Gasteiger partial charge in [-0.2, -0.15) is 0 Å². The quantitative estimate of drug-likeness (QED) is 0.128. The summed E-state index contributed by atoms with van der Waals surface area (Å²) in [4.78, 5) is 13.6. The first-order valence-electron chi connectivity index (χ1n) is 18.0. The molecule has 0 spiro atoms. The largest absolute Gasteiger partial charge is 0.468 e. The molecule has 274 valence electrons. The number of hydrogen-bond acceptors (Lipinski definition) is 11. The van der Waals surface area contributed by atoms with Crippen molar-refractivity contribution in [3.63, 3.8) is 0 Å². The lowest BCUT2D eigenvalue weighted by atomic mass is 9.33. The summed E-state index contributed by atoms with van der Waals surface area (Å²) in [6.45, 7) is 12.3. The van der Waals surface area contributed by atoms with Crippen molar-refractivity contribution in [2.45, 2.75) is 142 Å². The molecule has 7 N–H and O–H groups in total. The summed E-state index contributed by atoms with van der Waals surface area (Å²) in [6.07, 6.45) is -2.61. The molecule has 5 aliphatic carbocycles. The van der Waals surface area contributed by atoms with Gasteiger partial charge in [-0.05, 0) is 90.8 Å². The van der Waals surface area contributed by atoms with Crippen LogP contribution in [0.4, 0.5) is 0 Å². The fourth-order valence-corrected chi connectivity index (χ4v) is 12.6. The van der Waals surface area contributed by atoms with Gasteiger partial charge in [0.05, 0.1) is 38.6 Å². The maximum absolute atomic E-state index is 13.6. The average molecular weight is 681 g/mol. The van der Waals surface area contributed by atoms with Crippen LogP contribution in [0.15, 0.2) is 11.6 Å². The van der Waals surface area contributed by atoms with Gasteiger partial charge in [0.25, 0.3) is 0 Å². The Labute approximate surface area is 284 Å². The van der Waals surface area contributed by atoms with E-state index in [1.54, 1.807) is 0 Å². The van der Waals surface area contributed by atoms with E-state index in [9.17, 15) is 40.5 Å². The molecule has 4 saturated carbocycles. The number of ether oxygens (including phenoxy) is 3. The second-order valence-electron chi connectivity index (χ2n) is 18.2. The summed E-state index contributed by atoms with van der Waals surface area (Å²) < 4.78 is 17.3. The molecular weight excluding hydrogens is 620 g/mol. The van der Waals surface area contributed by atoms with Gasteiger partial charge >= 0.3 is 5.97 Å². The molecule has 1 aliphatic heterocycles. The van der Waals surface area contributed by atoms with Crippen LogP contribution >= 0.6 is 0 Å². The number of rotatable bonds is 5. The number of methoxy groups -OCH3 is 1.